The molecule has 0 bridgehead atoms. The minimum absolute atomic E-state index is 0.0931. The number of carboxylic acid groups (broad SMARTS) is 1. The predicted octanol–water partition coefficient (Wildman–Crippen LogP) is 1.79. The van der Waals surface area contributed by atoms with Gasteiger partial charge in [-0.1, -0.05) is 6.07 Å². The van der Waals surface area contributed by atoms with E-state index in [1.807, 2.05) is 6.07 Å². The van der Waals surface area contributed by atoms with Crippen molar-refractivity contribution in [2.75, 3.05) is 19.7 Å². The highest BCUT2D eigenvalue weighted by molar-refractivity contribution is 5.88. The Morgan fingerprint density at radius 3 is 3.06 bits per heavy atom. The molecule has 0 aromatic heterocycles. The lowest BCUT2D eigenvalue weighted by atomic mass is 9.76. The van der Waals surface area contributed by atoms with E-state index >= 15 is 0 Å². The normalized spacial score (nSPS) is 26.4. The number of rotatable bonds is 1. The summed E-state index contributed by atoms with van der Waals surface area (Å²) in [4.78, 5) is 11.0. The minimum Gasteiger partial charge on any atom is -0.492 e. The number of ether oxygens (including phenoxy) is 1. The molecule has 2 aliphatic rings. The van der Waals surface area contributed by atoms with Crippen molar-refractivity contribution in [3.63, 3.8) is 0 Å². The van der Waals surface area contributed by atoms with Crippen molar-refractivity contribution in [2.24, 2.45) is 0 Å². The maximum Gasteiger partial charge on any atom is 0.335 e. The van der Waals surface area contributed by atoms with Gasteiger partial charge in [-0.25, -0.2) is 4.79 Å². The molecular weight excluding hydrogens is 230 g/mol. The molecule has 0 radical (unpaired) electrons. The van der Waals surface area contributed by atoms with Crippen molar-refractivity contribution in [1.82, 2.24) is 5.32 Å². The van der Waals surface area contributed by atoms with Gasteiger partial charge in [-0.05, 0) is 44.5 Å². The van der Waals surface area contributed by atoms with Gasteiger partial charge in [0, 0.05) is 11.0 Å². The predicted molar refractivity (Wildman–Crippen MR) is 67.3 cm³/mol. The monoisotopic (exact) mass is 247 g/mol. The largest absolute Gasteiger partial charge is 0.492 e. The van der Waals surface area contributed by atoms with Gasteiger partial charge in [-0.2, -0.15) is 0 Å². The number of hydrogen-bond donors (Lipinski definition) is 2. The second-order valence-electron chi connectivity index (χ2n) is 5.19. The van der Waals surface area contributed by atoms with Crippen molar-refractivity contribution >= 4 is 5.97 Å². The summed E-state index contributed by atoms with van der Waals surface area (Å²) in [6.07, 6.45) is 3.31. The van der Waals surface area contributed by atoms with Crippen LogP contribution in [-0.2, 0) is 5.41 Å². The average molecular weight is 247 g/mol. The number of carbonyl (C=O) groups is 1. The Hall–Kier alpha value is -1.55. The van der Waals surface area contributed by atoms with E-state index in [1.165, 1.54) is 5.56 Å². The lowest BCUT2D eigenvalue weighted by Crippen LogP contribution is -2.29. The summed E-state index contributed by atoms with van der Waals surface area (Å²) in [5.41, 5.74) is 1.59. The van der Waals surface area contributed by atoms with Crippen molar-refractivity contribution in [3.05, 3.63) is 29.3 Å². The first-order valence-corrected chi connectivity index (χ1v) is 6.43. The first-order valence-electron chi connectivity index (χ1n) is 6.43. The van der Waals surface area contributed by atoms with E-state index in [4.69, 9.17) is 9.84 Å². The standard InChI is InChI=1S/C14H17NO3/c16-13(17)10-2-3-11-12(8-10)18-9-14(11)4-1-6-15-7-5-14/h2-3,8,15H,1,4-7,9H2,(H,16,17). The van der Waals surface area contributed by atoms with Crippen molar-refractivity contribution in [2.45, 2.75) is 24.7 Å². The summed E-state index contributed by atoms with van der Waals surface area (Å²) in [7, 11) is 0. The Morgan fingerprint density at radius 1 is 1.33 bits per heavy atom. The van der Waals surface area contributed by atoms with Crippen LogP contribution in [-0.4, -0.2) is 30.8 Å². The van der Waals surface area contributed by atoms with Crippen LogP contribution in [0.5, 0.6) is 5.75 Å². The van der Waals surface area contributed by atoms with Gasteiger partial charge in [0.2, 0.25) is 0 Å². The van der Waals surface area contributed by atoms with Crippen LogP contribution in [0.1, 0.15) is 35.2 Å². The molecular formula is C14H17NO3. The van der Waals surface area contributed by atoms with E-state index in [9.17, 15) is 4.79 Å². The summed E-state index contributed by atoms with van der Waals surface area (Å²) in [6, 6.07) is 5.29. The molecule has 2 aliphatic heterocycles. The molecule has 1 atom stereocenters. The summed E-state index contributed by atoms with van der Waals surface area (Å²) in [5.74, 6) is -0.137. The first kappa shape index (κ1) is 11.5. The Balaban J connectivity index is 1.98. The molecule has 3 rings (SSSR count). The number of fused-ring (bicyclic) bond motifs is 2. The highest BCUT2D eigenvalue weighted by Crippen LogP contribution is 2.45. The smallest absolute Gasteiger partial charge is 0.335 e. The maximum absolute atomic E-state index is 11.0. The zero-order valence-corrected chi connectivity index (χ0v) is 10.2. The van der Waals surface area contributed by atoms with Gasteiger partial charge in [-0.3, -0.25) is 0 Å². The average Bonchev–Trinajstić information content (AvgIpc) is 2.56. The Morgan fingerprint density at radius 2 is 2.22 bits per heavy atom. The summed E-state index contributed by atoms with van der Waals surface area (Å²) in [5, 5.41) is 12.4. The van der Waals surface area contributed by atoms with E-state index in [2.05, 4.69) is 5.32 Å². The third kappa shape index (κ3) is 1.77. The number of benzene rings is 1. The van der Waals surface area contributed by atoms with Crippen LogP contribution in [0.3, 0.4) is 0 Å². The second kappa shape index (κ2) is 4.28. The molecule has 96 valence electrons. The van der Waals surface area contributed by atoms with Gasteiger partial charge in [-0.15, -0.1) is 0 Å². The molecule has 0 saturated carbocycles. The van der Waals surface area contributed by atoms with Crippen LogP contribution in [0.15, 0.2) is 18.2 Å². The molecule has 0 aliphatic carbocycles. The van der Waals surface area contributed by atoms with E-state index in [0.717, 1.165) is 38.1 Å². The van der Waals surface area contributed by atoms with Gasteiger partial charge in [0.15, 0.2) is 0 Å². The number of carboxylic acids is 1. The van der Waals surface area contributed by atoms with Crippen LogP contribution in [0.4, 0.5) is 0 Å². The van der Waals surface area contributed by atoms with E-state index in [-0.39, 0.29) is 5.41 Å². The maximum atomic E-state index is 11.0. The summed E-state index contributed by atoms with van der Waals surface area (Å²) in [6.45, 7) is 2.75. The fraction of sp³-hybridized carbons (Fsp3) is 0.500. The molecule has 2 N–H and O–H groups in total. The van der Waals surface area contributed by atoms with Gasteiger partial charge < -0.3 is 15.2 Å². The molecule has 1 fully saturated rings. The number of hydrogen-bond acceptors (Lipinski definition) is 3. The SMILES string of the molecule is O=C(O)c1ccc2c(c1)OCC21CCCNCC1. The fourth-order valence-corrected chi connectivity index (χ4v) is 3.05. The van der Waals surface area contributed by atoms with E-state index in [0.29, 0.717) is 12.2 Å². The summed E-state index contributed by atoms with van der Waals surface area (Å²) < 4.78 is 5.75. The molecule has 1 saturated heterocycles. The van der Waals surface area contributed by atoms with Crippen molar-refractivity contribution in [3.8, 4) is 5.75 Å². The topological polar surface area (TPSA) is 58.6 Å². The highest BCUT2D eigenvalue weighted by atomic mass is 16.5. The molecule has 1 spiro atoms. The van der Waals surface area contributed by atoms with Crippen LogP contribution in [0, 0.1) is 0 Å². The van der Waals surface area contributed by atoms with Crippen LogP contribution in [0.2, 0.25) is 0 Å². The third-order valence-corrected chi connectivity index (χ3v) is 4.09. The van der Waals surface area contributed by atoms with Gasteiger partial charge in [0.05, 0.1) is 12.2 Å². The van der Waals surface area contributed by atoms with E-state index < -0.39 is 5.97 Å². The molecule has 18 heavy (non-hydrogen) atoms. The van der Waals surface area contributed by atoms with Crippen LogP contribution < -0.4 is 10.1 Å². The first-order chi connectivity index (χ1) is 8.71. The Labute approximate surface area is 106 Å². The minimum atomic E-state index is -0.898. The Bertz CT molecular complexity index is 476. The van der Waals surface area contributed by atoms with Crippen molar-refractivity contribution in [1.29, 1.82) is 0 Å². The molecule has 2 heterocycles. The molecule has 1 unspecified atom stereocenters. The van der Waals surface area contributed by atoms with Crippen molar-refractivity contribution < 1.29 is 14.6 Å². The van der Waals surface area contributed by atoms with Crippen LogP contribution >= 0.6 is 0 Å². The molecule has 1 aromatic carbocycles. The highest BCUT2D eigenvalue weighted by Gasteiger charge is 2.40. The zero-order valence-electron chi connectivity index (χ0n) is 10.2. The summed E-state index contributed by atoms with van der Waals surface area (Å²) >= 11 is 0. The van der Waals surface area contributed by atoms with Gasteiger partial charge >= 0.3 is 5.97 Å². The molecule has 4 heteroatoms. The van der Waals surface area contributed by atoms with E-state index in [1.54, 1.807) is 12.1 Å². The molecule has 4 nitrogen and oxygen atoms in total. The zero-order chi connectivity index (χ0) is 12.6. The fourth-order valence-electron chi connectivity index (χ4n) is 3.05. The van der Waals surface area contributed by atoms with Gasteiger partial charge in [0.25, 0.3) is 0 Å². The lowest BCUT2D eigenvalue weighted by Gasteiger charge is -2.25. The van der Waals surface area contributed by atoms with Gasteiger partial charge in [0.1, 0.15) is 5.75 Å². The molecule has 0 amide bonds. The van der Waals surface area contributed by atoms with Crippen LogP contribution in [0.25, 0.3) is 0 Å². The third-order valence-electron chi connectivity index (χ3n) is 4.09. The lowest BCUT2D eigenvalue weighted by molar-refractivity contribution is 0.0696. The second-order valence-corrected chi connectivity index (χ2v) is 5.19. The number of nitrogens with one attached hydrogen (secondary N) is 1. The Kier molecular flexibility index (Phi) is 2.74. The quantitative estimate of drug-likeness (QED) is 0.794. The molecule has 1 aromatic rings. The number of aromatic carboxylic acids is 1.